The molecule has 2 amide bonds. The summed E-state index contributed by atoms with van der Waals surface area (Å²) in [7, 11) is 1.56. The van der Waals surface area contributed by atoms with E-state index in [0.29, 0.717) is 29.2 Å². The van der Waals surface area contributed by atoms with E-state index in [4.69, 9.17) is 16.3 Å². The molecule has 2 aliphatic heterocycles. The number of carbonyl (C=O) groups excluding carboxylic acids is 2. The second kappa shape index (κ2) is 4.51. The molecule has 3 rings (SSSR count). The van der Waals surface area contributed by atoms with Crippen LogP contribution in [-0.4, -0.2) is 42.5 Å². The van der Waals surface area contributed by atoms with E-state index in [-0.39, 0.29) is 17.9 Å². The number of fused-ring (bicyclic) bond motifs is 2. The predicted molar refractivity (Wildman–Crippen MR) is 70.3 cm³/mol. The molecule has 1 fully saturated rings. The van der Waals surface area contributed by atoms with Crippen LogP contribution < -0.4 is 5.32 Å². The fourth-order valence-electron chi connectivity index (χ4n) is 2.72. The number of nitrogens with zero attached hydrogens (tertiary/aromatic N) is 1. The van der Waals surface area contributed by atoms with Crippen LogP contribution in [0.5, 0.6) is 0 Å². The first-order valence-corrected chi connectivity index (χ1v) is 6.44. The molecule has 1 N–H and O–H groups in total. The topological polar surface area (TPSA) is 58.6 Å². The second-order valence-electron chi connectivity index (χ2n) is 4.69. The van der Waals surface area contributed by atoms with Crippen LogP contribution in [0.1, 0.15) is 16.8 Å². The average Bonchev–Trinajstić information content (AvgIpc) is 2.78. The van der Waals surface area contributed by atoms with E-state index in [2.05, 4.69) is 5.32 Å². The molecule has 2 aliphatic rings. The van der Waals surface area contributed by atoms with Gasteiger partial charge in [0.2, 0.25) is 5.91 Å². The van der Waals surface area contributed by atoms with Gasteiger partial charge in [0.05, 0.1) is 17.4 Å². The van der Waals surface area contributed by atoms with Crippen LogP contribution in [0, 0.1) is 0 Å². The van der Waals surface area contributed by atoms with Crippen molar-refractivity contribution in [3.8, 4) is 0 Å². The van der Waals surface area contributed by atoms with Crippen LogP contribution in [0.3, 0.4) is 0 Å². The third kappa shape index (κ3) is 1.89. The van der Waals surface area contributed by atoms with Crippen molar-refractivity contribution in [2.24, 2.45) is 0 Å². The van der Waals surface area contributed by atoms with Gasteiger partial charge in [-0.3, -0.25) is 9.59 Å². The molecule has 0 bridgehead atoms. The molecule has 0 saturated carbocycles. The number of ether oxygens (including phenoxy) is 1. The largest absolute Gasteiger partial charge is 0.379 e. The molecule has 2 atom stereocenters. The lowest BCUT2D eigenvalue weighted by Gasteiger charge is -2.23. The molecular formula is C13H13ClN2O3. The summed E-state index contributed by atoms with van der Waals surface area (Å²) >= 11 is 5.90. The molecule has 0 aromatic heterocycles. The number of anilines is 1. The number of methoxy groups -OCH3 is 1. The molecule has 0 spiro atoms. The summed E-state index contributed by atoms with van der Waals surface area (Å²) < 4.78 is 5.30. The molecule has 1 saturated heterocycles. The van der Waals surface area contributed by atoms with Gasteiger partial charge in [-0.2, -0.15) is 0 Å². The number of halogens is 1. The maximum atomic E-state index is 12.5. The highest BCUT2D eigenvalue weighted by Crippen LogP contribution is 2.31. The highest BCUT2D eigenvalue weighted by atomic mass is 35.5. The first-order chi connectivity index (χ1) is 9.11. The minimum absolute atomic E-state index is 0.158. The fraction of sp³-hybridized carbons (Fsp3) is 0.385. The van der Waals surface area contributed by atoms with E-state index >= 15 is 0 Å². The van der Waals surface area contributed by atoms with E-state index in [1.54, 1.807) is 30.2 Å². The van der Waals surface area contributed by atoms with Crippen molar-refractivity contribution in [3.05, 3.63) is 28.8 Å². The van der Waals surface area contributed by atoms with Crippen LogP contribution in [0.2, 0.25) is 5.02 Å². The first kappa shape index (κ1) is 12.4. The van der Waals surface area contributed by atoms with Crippen molar-refractivity contribution in [1.29, 1.82) is 0 Å². The van der Waals surface area contributed by atoms with E-state index < -0.39 is 6.04 Å². The molecule has 2 unspecified atom stereocenters. The molecular weight excluding hydrogens is 268 g/mol. The monoisotopic (exact) mass is 280 g/mol. The van der Waals surface area contributed by atoms with Crippen molar-refractivity contribution < 1.29 is 14.3 Å². The third-order valence-corrected chi connectivity index (χ3v) is 3.88. The highest BCUT2D eigenvalue weighted by molar-refractivity contribution is 6.31. The molecule has 100 valence electrons. The van der Waals surface area contributed by atoms with Gasteiger partial charge in [0, 0.05) is 18.7 Å². The van der Waals surface area contributed by atoms with Gasteiger partial charge in [-0.25, -0.2) is 0 Å². The van der Waals surface area contributed by atoms with Gasteiger partial charge in [-0.05, 0) is 24.6 Å². The Kier molecular flexibility index (Phi) is 2.95. The number of carbonyl (C=O) groups is 2. The van der Waals surface area contributed by atoms with Gasteiger partial charge in [0.15, 0.2) is 0 Å². The lowest BCUT2D eigenvalue weighted by Crippen LogP contribution is -2.46. The van der Waals surface area contributed by atoms with Gasteiger partial charge in [0.25, 0.3) is 5.91 Å². The van der Waals surface area contributed by atoms with Crippen molar-refractivity contribution >= 4 is 29.1 Å². The zero-order valence-corrected chi connectivity index (χ0v) is 11.1. The van der Waals surface area contributed by atoms with Gasteiger partial charge < -0.3 is 15.0 Å². The molecule has 5 nitrogen and oxygen atoms in total. The van der Waals surface area contributed by atoms with Crippen molar-refractivity contribution in [2.45, 2.75) is 18.6 Å². The van der Waals surface area contributed by atoms with E-state index in [9.17, 15) is 9.59 Å². The summed E-state index contributed by atoms with van der Waals surface area (Å²) in [4.78, 5) is 26.3. The van der Waals surface area contributed by atoms with E-state index in [1.165, 1.54) is 0 Å². The van der Waals surface area contributed by atoms with Crippen molar-refractivity contribution in [1.82, 2.24) is 4.90 Å². The molecule has 2 heterocycles. The Hall–Kier alpha value is -1.59. The minimum Gasteiger partial charge on any atom is -0.379 e. The zero-order chi connectivity index (χ0) is 13.6. The van der Waals surface area contributed by atoms with Gasteiger partial charge in [-0.15, -0.1) is 0 Å². The Balaban J connectivity index is 2.07. The lowest BCUT2D eigenvalue weighted by molar-refractivity contribution is -0.122. The van der Waals surface area contributed by atoms with Gasteiger partial charge in [-0.1, -0.05) is 11.6 Å². The quantitative estimate of drug-likeness (QED) is 0.848. The fourth-order valence-corrected chi connectivity index (χ4v) is 2.89. The average molecular weight is 281 g/mol. The van der Waals surface area contributed by atoms with Crippen LogP contribution in [0.4, 0.5) is 5.69 Å². The standard InChI is InChI=1S/C13H13ClN2O3/c1-19-10-4-5-16-11(10)12(17)15-9-6-7(14)2-3-8(9)13(16)18/h2-3,6,10-11H,4-5H2,1H3,(H,15,17). The lowest BCUT2D eigenvalue weighted by atomic mass is 10.1. The Morgan fingerprint density at radius 3 is 2.95 bits per heavy atom. The predicted octanol–water partition coefficient (Wildman–Crippen LogP) is 1.52. The normalized spacial score (nSPS) is 25.7. The van der Waals surface area contributed by atoms with Gasteiger partial charge in [0.1, 0.15) is 6.04 Å². The van der Waals surface area contributed by atoms with Gasteiger partial charge >= 0.3 is 0 Å². The number of hydrogen-bond acceptors (Lipinski definition) is 3. The minimum atomic E-state index is -0.566. The third-order valence-electron chi connectivity index (χ3n) is 3.64. The molecule has 0 radical (unpaired) electrons. The summed E-state index contributed by atoms with van der Waals surface area (Å²) in [6.07, 6.45) is 0.414. The highest BCUT2D eigenvalue weighted by Gasteiger charge is 2.44. The van der Waals surface area contributed by atoms with Crippen LogP contribution in [0.15, 0.2) is 18.2 Å². The number of rotatable bonds is 1. The van der Waals surface area contributed by atoms with Crippen LogP contribution in [-0.2, 0) is 9.53 Å². The molecule has 1 aromatic carbocycles. The summed E-state index contributed by atoms with van der Waals surface area (Å²) in [6.45, 7) is 0.525. The molecule has 1 aromatic rings. The van der Waals surface area contributed by atoms with Crippen LogP contribution in [0.25, 0.3) is 0 Å². The first-order valence-electron chi connectivity index (χ1n) is 6.06. The summed E-state index contributed by atoms with van der Waals surface area (Å²) in [5.41, 5.74) is 0.934. The number of benzene rings is 1. The Labute approximate surface area is 115 Å². The Bertz CT molecular complexity index is 561. The summed E-state index contributed by atoms with van der Waals surface area (Å²) in [6, 6.07) is 4.32. The maximum Gasteiger partial charge on any atom is 0.256 e. The number of amides is 2. The van der Waals surface area contributed by atoms with Crippen molar-refractivity contribution in [3.63, 3.8) is 0 Å². The smallest absolute Gasteiger partial charge is 0.256 e. The molecule has 19 heavy (non-hydrogen) atoms. The van der Waals surface area contributed by atoms with E-state index in [0.717, 1.165) is 0 Å². The zero-order valence-electron chi connectivity index (χ0n) is 10.4. The summed E-state index contributed by atoms with van der Waals surface area (Å²) in [5.74, 6) is -0.381. The number of nitrogens with one attached hydrogen (secondary N) is 1. The SMILES string of the molecule is COC1CCN2C(=O)c3ccc(Cl)cc3NC(=O)C12. The molecule has 0 aliphatic carbocycles. The Morgan fingerprint density at radius 2 is 2.21 bits per heavy atom. The van der Waals surface area contributed by atoms with Crippen molar-refractivity contribution in [2.75, 3.05) is 19.0 Å². The maximum absolute atomic E-state index is 12.5. The summed E-state index contributed by atoms with van der Waals surface area (Å²) in [5, 5.41) is 3.25. The number of hydrogen-bond donors (Lipinski definition) is 1. The van der Waals surface area contributed by atoms with E-state index in [1.807, 2.05) is 0 Å². The van der Waals surface area contributed by atoms with Crippen LogP contribution >= 0.6 is 11.6 Å². The molecule has 6 heteroatoms. The second-order valence-corrected chi connectivity index (χ2v) is 5.12. The Morgan fingerprint density at radius 1 is 1.42 bits per heavy atom.